The number of carbonyl (C=O) groups is 1. The Morgan fingerprint density at radius 2 is 2.04 bits per heavy atom. The first-order chi connectivity index (χ1) is 12.5. The first-order valence-corrected chi connectivity index (χ1v) is 10.4. The molecular weight excluding hydrogens is 386 g/mol. The average molecular weight is 406 g/mol. The summed E-state index contributed by atoms with van der Waals surface area (Å²) in [4.78, 5) is 23.1. The van der Waals surface area contributed by atoms with Gasteiger partial charge in [-0.2, -0.15) is 0 Å². The molecule has 26 heavy (non-hydrogen) atoms. The molecule has 0 saturated heterocycles. The molecular formula is C19H20ClN3OS2. The quantitative estimate of drug-likeness (QED) is 0.576. The molecule has 0 radical (unpaired) electrons. The van der Waals surface area contributed by atoms with Gasteiger partial charge in [-0.05, 0) is 24.6 Å². The molecule has 0 atom stereocenters. The summed E-state index contributed by atoms with van der Waals surface area (Å²) in [5.74, 6) is 0.422. The minimum atomic E-state index is 0.0678. The summed E-state index contributed by atoms with van der Waals surface area (Å²) in [6, 6.07) is 14.1. The van der Waals surface area contributed by atoms with Crippen molar-refractivity contribution < 1.29 is 4.79 Å². The van der Waals surface area contributed by atoms with Gasteiger partial charge in [-0.25, -0.2) is 4.98 Å². The highest BCUT2D eigenvalue weighted by atomic mass is 35.5. The van der Waals surface area contributed by atoms with Crippen LogP contribution in [-0.2, 0) is 17.8 Å². The highest BCUT2D eigenvalue weighted by molar-refractivity contribution is 7.99. The Hall–Kier alpha value is -1.76. The van der Waals surface area contributed by atoms with E-state index in [1.165, 1.54) is 28.7 Å². The van der Waals surface area contributed by atoms with Crippen LogP contribution in [0.15, 0.2) is 47.6 Å². The van der Waals surface area contributed by atoms with Gasteiger partial charge in [0.05, 0.1) is 22.3 Å². The number of thioether (sulfide) groups is 1. The molecule has 1 N–H and O–H groups in total. The molecule has 0 aliphatic carbocycles. The molecule has 0 bridgehead atoms. The summed E-state index contributed by atoms with van der Waals surface area (Å²) >= 11 is 8.88. The lowest BCUT2D eigenvalue weighted by molar-refractivity contribution is -0.127. The summed E-state index contributed by atoms with van der Waals surface area (Å²) in [6.45, 7) is 2.59. The molecule has 3 aromatic rings. The fourth-order valence-corrected chi connectivity index (χ4v) is 4.52. The minimum Gasteiger partial charge on any atom is -0.340 e. The third-order valence-corrected chi connectivity index (χ3v) is 6.03. The van der Waals surface area contributed by atoms with Gasteiger partial charge in [0.15, 0.2) is 5.16 Å². The number of carbonyl (C=O) groups excluding carboxylic acids is 1. The van der Waals surface area contributed by atoms with Crippen LogP contribution in [0.3, 0.4) is 0 Å². The van der Waals surface area contributed by atoms with Crippen LogP contribution in [0, 0.1) is 6.92 Å². The summed E-state index contributed by atoms with van der Waals surface area (Å²) < 4.78 is 0.743. The Morgan fingerprint density at radius 3 is 2.73 bits per heavy atom. The first-order valence-electron chi connectivity index (χ1n) is 8.21. The van der Waals surface area contributed by atoms with Crippen LogP contribution < -0.4 is 0 Å². The molecule has 0 aliphatic rings. The highest BCUT2D eigenvalue weighted by Crippen LogP contribution is 2.23. The van der Waals surface area contributed by atoms with Crippen LogP contribution >= 0.6 is 34.7 Å². The van der Waals surface area contributed by atoms with E-state index in [1.807, 2.05) is 44.3 Å². The number of H-pyrrole nitrogens is 1. The normalized spacial score (nSPS) is 10.9. The number of nitrogens with one attached hydrogen (secondary N) is 1. The summed E-state index contributed by atoms with van der Waals surface area (Å²) in [5, 5.41) is 0.786. The Bertz CT molecular complexity index is 876. The molecule has 3 rings (SSSR count). The van der Waals surface area contributed by atoms with Gasteiger partial charge in [-0.15, -0.1) is 11.3 Å². The van der Waals surface area contributed by atoms with Gasteiger partial charge < -0.3 is 9.88 Å². The lowest BCUT2D eigenvalue weighted by atomic mass is 10.1. The van der Waals surface area contributed by atoms with Crippen LogP contribution in [0.25, 0.3) is 0 Å². The monoisotopic (exact) mass is 405 g/mol. The van der Waals surface area contributed by atoms with Gasteiger partial charge in [0, 0.05) is 24.0 Å². The number of imidazole rings is 1. The first kappa shape index (κ1) is 19.0. The fraction of sp³-hybridized carbons (Fsp3) is 0.263. The molecule has 1 aromatic carbocycles. The number of hydrogen-bond donors (Lipinski definition) is 1. The average Bonchev–Trinajstić information content (AvgIpc) is 3.19. The number of aromatic amines is 1. The smallest absolute Gasteiger partial charge is 0.233 e. The number of aryl methyl sites for hydroxylation is 1. The number of amides is 1. The van der Waals surface area contributed by atoms with E-state index < -0.39 is 0 Å². The second kappa shape index (κ2) is 8.75. The number of benzene rings is 1. The van der Waals surface area contributed by atoms with Crippen LogP contribution in [0.4, 0.5) is 0 Å². The fourth-order valence-electron chi connectivity index (χ4n) is 2.50. The predicted octanol–water partition coefficient (Wildman–Crippen LogP) is 4.77. The van der Waals surface area contributed by atoms with Crippen molar-refractivity contribution >= 4 is 40.6 Å². The van der Waals surface area contributed by atoms with E-state index in [2.05, 4.69) is 22.1 Å². The zero-order chi connectivity index (χ0) is 18.5. The maximum Gasteiger partial charge on any atom is 0.233 e. The van der Waals surface area contributed by atoms with Crippen molar-refractivity contribution in [1.82, 2.24) is 14.9 Å². The number of rotatable bonds is 7. The van der Waals surface area contributed by atoms with E-state index >= 15 is 0 Å². The maximum absolute atomic E-state index is 12.3. The Morgan fingerprint density at radius 1 is 1.27 bits per heavy atom. The summed E-state index contributed by atoms with van der Waals surface area (Å²) in [7, 11) is 1.81. The van der Waals surface area contributed by atoms with E-state index in [1.54, 1.807) is 4.90 Å². The number of hydrogen-bond acceptors (Lipinski definition) is 4. The van der Waals surface area contributed by atoms with Gasteiger partial charge in [0.2, 0.25) is 5.91 Å². The third-order valence-electron chi connectivity index (χ3n) is 3.96. The van der Waals surface area contributed by atoms with Crippen molar-refractivity contribution in [3.63, 3.8) is 0 Å². The molecule has 2 aromatic heterocycles. The summed E-state index contributed by atoms with van der Waals surface area (Å²) in [5.41, 5.74) is 3.29. The second-order valence-electron chi connectivity index (χ2n) is 6.02. The lowest BCUT2D eigenvalue weighted by Crippen LogP contribution is -2.27. The third kappa shape index (κ3) is 5.13. The number of halogens is 1. The minimum absolute atomic E-state index is 0.0678. The Balaban J connectivity index is 1.54. The highest BCUT2D eigenvalue weighted by Gasteiger charge is 2.14. The largest absolute Gasteiger partial charge is 0.340 e. The molecule has 0 saturated carbocycles. The molecule has 0 aliphatic heterocycles. The molecule has 7 heteroatoms. The van der Waals surface area contributed by atoms with Gasteiger partial charge >= 0.3 is 0 Å². The van der Waals surface area contributed by atoms with Gasteiger partial charge in [0.1, 0.15) is 0 Å². The lowest BCUT2D eigenvalue weighted by Gasteiger charge is -2.15. The molecule has 1 amide bonds. The molecule has 0 spiro atoms. The molecule has 2 heterocycles. The zero-order valence-electron chi connectivity index (χ0n) is 14.7. The van der Waals surface area contributed by atoms with E-state index in [0.29, 0.717) is 12.3 Å². The summed E-state index contributed by atoms with van der Waals surface area (Å²) in [6.07, 6.45) is 0.788. The van der Waals surface area contributed by atoms with E-state index in [0.717, 1.165) is 32.2 Å². The van der Waals surface area contributed by atoms with Crippen LogP contribution in [0.5, 0.6) is 0 Å². The van der Waals surface area contributed by atoms with E-state index in [-0.39, 0.29) is 5.91 Å². The maximum atomic E-state index is 12.3. The zero-order valence-corrected chi connectivity index (χ0v) is 17.0. The van der Waals surface area contributed by atoms with Crippen LogP contribution in [0.2, 0.25) is 4.34 Å². The van der Waals surface area contributed by atoms with Crippen molar-refractivity contribution in [2.24, 2.45) is 0 Å². The molecule has 136 valence electrons. The Kier molecular flexibility index (Phi) is 6.40. The SMILES string of the molecule is Cc1[nH]c(SCC(=O)N(C)Cc2ccc(Cl)s2)nc1Cc1ccccc1. The predicted molar refractivity (Wildman–Crippen MR) is 109 cm³/mol. The standard InChI is InChI=1S/C19H20ClN3OS2/c1-13-16(10-14-6-4-3-5-7-14)22-19(21-13)25-12-18(24)23(2)11-15-8-9-17(20)26-15/h3-9H,10-12H2,1-2H3,(H,21,22). The van der Waals surface area contributed by atoms with Crippen LogP contribution in [0.1, 0.15) is 21.8 Å². The second-order valence-corrected chi connectivity index (χ2v) is 8.78. The van der Waals surface area contributed by atoms with Gasteiger partial charge in [0.25, 0.3) is 0 Å². The van der Waals surface area contributed by atoms with Crippen molar-refractivity contribution in [2.75, 3.05) is 12.8 Å². The number of thiophene rings is 1. The van der Waals surface area contributed by atoms with E-state index in [4.69, 9.17) is 11.6 Å². The van der Waals surface area contributed by atoms with Gasteiger partial charge in [-0.1, -0.05) is 53.7 Å². The topological polar surface area (TPSA) is 49.0 Å². The molecule has 0 unspecified atom stereocenters. The van der Waals surface area contributed by atoms with E-state index in [9.17, 15) is 4.79 Å². The van der Waals surface area contributed by atoms with Gasteiger partial charge in [-0.3, -0.25) is 4.79 Å². The molecule has 0 fully saturated rings. The Labute approximate surface area is 166 Å². The van der Waals surface area contributed by atoms with Crippen molar-refractivity contribution in [1.29, 1.82) is 0 Å². The van der Waals surface area contributed by atoms with Crippen molar-refractivity contribution in [3.8, 4) is 0 Å². The molecule has 4 nitrogen and oxygen atoms in total. The number of aromatic nitrogens is 2. The van der Waals surface area contributed by atoms with Crippen LogP contribution in [-0.4, -0.2) is 33.6 Å². The number of nitrogens with zero attached hydrogens (tertiary/aromatic N) is 2. The van der Waals surface area contributed by atoms with Crippen molar-refractivity contribution in [3.05, 3.63) is 68.6 Å². The van der Waals surface area contributed by atoms with Crippen molar-refractivity contribution in [2.45, 2.75) is 25.0 Å².